The minimum Gasteiger partial charge on any atom is -0.493 e. The number of nitrogens with zero attached hydrogens (tertiary/aromatic N) is 2. The van der Waals surface area contributed by atoms with Crippen molar-refractivity contribution in [1.29, 1.82) is 0 Å². The number of hydrogen-bond acceptors (Lipinski definition) is 4. The van der Waals surface area contributed by atoms with Gasteiger partial charge in [-0.1, -0.05) is 48.5 Å². The Bertz CT molecular complexity index is 1060. The summed E-state index contributed by atoms with van der Waals surface area (Å²) in [5, 5.41) is 0. The Morgan fingerprint density at radius 3 is 2.38 bits per heavy atom. The van der Waals surface area contributed by atoms with Gasteiger partial charge in [0.2, 0.25) is 5.91 Å². The third kappa shape index (κ3) is 7.59. The number of carbonyl (C=O) groups is 1. The fourth-order valence-corrected chi connectivity index (χ4v) is 3.61. The number of methoxy groups -OCH3 is 1. The zero-order valence-electron chi connectivity index (χ0n) is 20.2. The van der Waals surface area contributed by atoms with Crippen molar-refractivity contribution >= 4 is 5.91 Å². The Morgan fingerprint density at radius 2 is 1.68 bits per heavy atom. The number of carbonyl (C=O) groups excluding carboxylic acids is 1. The van der Waals surface area contributed by atoms with E-state index in [-0.39, 0.29) is 18.3 Å². The molecule has 0 aromatic heterocycles. The molecule has 0 saturated heterocycles. The van der Waals surface area contributed by atoms with Crippen LogP contribution in [0.5, 0.6) is 11.5 Å². The molecule has 0 fully saturated rings. The molecular formula is C28H33FN2O3. The van der Waals surface area contributed by atoms with Crippen LogP contribution in [0.4, 0.5) is 4.39 Å². The zero-order valence-corrected chi connectivity index (χ0v) is 20.2. The average molecular weight is 465 g/mol. The van der Waals surface area contributed by atoms with Crippen LogP contribution in [0.3, 0.4) is 0 Å². The fraction of sp³-hybridized carbons (Fsp3) is 0.321. The van der Waals surface area contributed by atoms with Crippen LogP contribution in [0.2, 0.25) is 0 Å². The van der Waals surface area contributed by atoms with E-state index in [1.165, 1.54) is 17.7 Å². The van der Waals surface area contributed by atoms with E-state index < -0.39 is 0 Å². The van der Waals surface area contributed by atoms with Gasteiger partial charge >= 0.3 is 0 Å². The van der Waals surface area contributed by atoms with E-state index in [0.29, 0.717) is 31.1 Å². The van der Waals surface area contributed by atoms with E-state index in [9.17, 15) is 9.18 Å². The molecule has 0 bridgehead atoms. The Hall–Kier alpha value is -3.38. The largest absolute Gasteiger partial charge is 0.493 e. The highest BCUT2D eigenvalue weighted by atomic mass is 19.1. The summed E-state index contributed by atoms with van der Waals surface area (Å²) in [6, 6.07) is 22.4. The Balaban J connectivity index is 1.65. The van der Waals surface area contributed by atoms with Gasteiger partial charge in [0.25, 0.3) is 0 Å². The van der Waals surface area contributed by atoms with Crippen molar-refractivity contribution in [1.82, 2.24) is 9.80 Å². The lowest BCUT2D eigenvalue weighted by atomic mass is 10.1. The van der Waals surface area contributed by atoms with Gasteiger partial charge in [-0.3, -0.25) is 9.69 Å². The van der Waals surface area contributed by atoms with Gasteiger partial charge in [-0.15, -0.1) is 0 Å². The van der Waals surface area contributed by atoms with Gasteiger partial charge in [0.1, 0.15) is 12.4 Å². The number of hydrogen-bond donors (Lipinski definition) is 0. The minimum absolute atomic E-state index is 0.108. The molecule has 0 N–H and O–H groups in total. The van der Waals surface area contributed by atoms with Gasteiger partial charge in [-0.2, -0.15) is 0 Å². The maximum atomic E-state index is 13.4. The standard InChI is InChI=1S/C28H33FN2O3/c1-4-30(2)28(32)20-31(19-23-9-6-5-7-10-23)16-15-22-13-14-26(27(18-22)33-3)34-21-24-11-8-12-25(29)17-24/h5-14,17-18H,4,15-16,19-21H2,1-3H3. The molecule has 3 rings (SSSR count). The molecule has 0 aliphatic heterocycles. The van der Waals surface area contributed by atoms with E-state index in [2.05, 4.69) is 17.0 Å². The molecule has 0 saturated carbocycles. The molecular weight excluding hydrogens is 431 g/mol. The first-order chi connectivity index (χ1) is 16.5. The SMILES string of the molecule is CCN(C)C(=O)CN(CCc1ccc(OCc2cccc(F)c2)c(OC)c1)Cc1ccccc1. The molecule has 0 heterocycles. The molecule has 1 amide bonds. The first-order valence-corrected chi connectivity index (χ1v) is 11.5. The molecule has 180 valence electrons. The van der Waals surface area contributed by atoms with Crippen LogP contribution in [0.25, 0.3) is 0 Å². The van der Waals surface area contributed by atoms with Gasteiger partial charge < -0.3 is 14.4 Å². The van der Waals surface area contributed by atoms with Crippen LogP contribution in [-0.2, 0) is 24.4 Å². The zero-order chi connectivity index (χ0) is 24.3. The molecule has 3 aromatic rings. The summed E-state index contributed by atoms with van der Waals surface area (Å²) in [6.45, 7) is 4.72. The van der Waals surface area contributed by atoms with Crippen molar-refractivity contribution in [2.45, 2.75) is 26.5 Å². The predicted octanol–water partition coefficient (Wildman–Crippen LogP) is 4.94. The highest BCUT2D eigenvalue weighted by Gasteiger charge is 2.15. The first kappa shape index (κ1) is 25.2. The fourth-order valence-electron chi connectivity index (χ4n) is 3.61. The van der Waals surface area contributed by atoms with Crippen molar-refractivity contribution < 1.29 is 18.7 Å². The monoisotopic (exact) mass is 464 g/mol. The third-order valence-electron chi connectivity index (χ3n) is 5.74. The lowest BCUT2D eigenvalue weighted by Crippen LogP contribution is -2.38. The quantitative estimate of drug-likeness (QED) is 0.381. The summed E-state index contributed by atoms with van der Waals surface area (Å²) in [5.74, 6) is 1.06. The second-order valence-corrected chi connectivity index (χ2v) is 8.26. The molecule has 0 unspecified atom stereocenters. The summed E-state index contributed by atoms with van der Waals surface area (Å²) in [4.78, 5) is 16.5. The lowest BCUT2D eigenvalue weighted by molar-refractivity contribution is -0.131. The van der Waals surface area contributed by atoms with Gasteiger partial charge in [-0.25, -0.2) is 4.39 Å². The van der Waals surface area contributed by atoms with Crippen LogP contribution in [-0.4, -0.2) is 49.5 Å². The summed E-state index contributed by atoms with van der Waals surface area (Å²) < 4.78 is 24.8. The smallest absolute Gasteiger partial charge is 0.236 e. The number of ether oxygens (including phenoxy) is 2. The highest BCUT2D eigenvalue weighted by molar-refractivity contribution is 5.77. The van der Waals surface area contributed by atoms with Crippen molar-refractivity contribution in [2.24, 2.45) is 0 Å². The lowest BCUT2D eigenvalue weighted by Gasteiger charge is -2.25. The average Bonchev–Trinajstić information content (AvgIpc) is 2.86. The Kier molecular flexibility index (Phi) is 9.47. The summed E-state index contributed by atoms with van der Waals surface area (Å²) in [7, 11) is 3.44. The number of likely N-dealkylation sites (N-methyl/N-ethyl adjacent to an activating group) is 1. The van der Waals surface area contributed by atoms with Crippen LogP contribution in [0.15, 0.2) is 72.8 Å². The molecule has 0 aliphatic carbocycles. The minimum atomic E-state index is -0.285. The molecule has 0 atom stereocenters. The van der Waals surface area contributed by atoms with Crippen molar-refractivity contribution in [3.63, 3.8) is 0 Å². The summed E-state index contributed by atoms with van der Waals surface area (Å²) in [6.07, 6.45) is 0.760. The van der Waals surface area contributed by atoms with E-state index in [4.69, 9.17) is 9.47 Å². The molecule has 0 radical (unpaired) electrons. The van der Waals surface area contributed by atoms with Gasteiger partial charge in [0, 0.05) is 26.7 Å². The van der Waals surface area contributed by atoms with Crippen molar-refractivity contribution in [3.8, 4) is 11.5 Å². The first-order valence-electron chi connectivity index (χ1n) is 11.5. The molecule has 0 aliphatic rings. The van der Waals surface area contributed by atoms with Crippen LogP contribution >= 0.6 is 0 Å². The van der Waals surface area contributed by atoms with Gasteiger partial charge in [-0.05, 0) is 54.3 Å². The number of benzene rings is 3. The molecule has 5 nitrogen and oxygen atoms in total. The third-order valence-corrected chi connectivity index (χ3v) is 5.74. The van der Waals surface area contributed by atoms with Gasteiger partial charge in [0.15, 0.2) is 11.5 Å². The Morgan fingerprint density at radius 1 is 0.912 bits per heavy atom. The van der Waals surface area contributed by atoms with Crippen molar-refractivity contribution in [3.05, 3.63) is 95.3 Å². The molecule has 3 aromatic carbocycles. The maximum absolute atomic E-state index is 13.4. The number of amides is 1. The second-order valence-electron chi connectivity index (χ2n) is 8.26. The summed E-state index contributed by atoms with van der Waals surface area (Å²) >= 11 is 0. The normalized spacial score (nSPS) is 10.9. The Labute approximate surface area is 201 Å². The maximum Gasteiger partial charge on any atom is 0.236 e. The number of halogens is 1. The topological polar surface area (TPSA) is 42.0 Å². The van der Waals surface area contributed by atoms with E-state index >= 15 is 0 Å². The predicted molar refractivity (Wildman–Crippen MR) is 132 cm³/mol. The molecule has 34 heavy (non-hydrogen) atoms. The molecule has 0 spiro atoms. The van der Waals surface area contributed by atoms with E-state index in [1.54, 1.807) is 18.1 Å². The second kappa shape index (κ2) is 12.8. The van der Waals surface area contributed by atoms with Crippen LogP contribution < -0.4 is 9.47 Å². The summed E-state index contributed by atoms with van der Waals surface area (Å²) in [5.41, 5.74) is 3.02. The van der Waals surface area contributed by atoms with Crippen LogP contribution in [0.1, 0.15) is 23.6 Å². The van der Waals surface area contributed by atoms with E-state index in [1.807, 2.05) is 56.4 Å². The van der Waals surface area contributed by atoms with Gasteiger partial charge in [0.05, 0.1) is 13.7 Å². The van der Waals surface area contributed by atoms with Crippen LogP contribution in [0, 0.1) is 5.82 Å². The van der Waals surface area contributed by atoms with Crippen molar-refractivity contribution in [2.75, 3.05) is 33.8 Å². The number of rotatable bonds is 12. The highest BCUT2D eigenvalue weighted by Crippen LogP contribution is 2.29. The van der Waals surface area contributed by atoms with E-state index in [0.717, 1.165) is 24.1 Å². The molecule has 6 heteroatoms.